The fourth-order valence-electron chi connectivity index (χ4n) is 4.28. The van der Waals surface area contributed by atoms with Gasteiger partial charge in [0, 0.05) is 36.1 Å². The first-order valence-electron chi connectivity index (χ1n) is 10.9. The third kappa shape index (κ3) is 4.42. The van der Waals surface area contributed by atoms with Crippen LogP contribution in [0.1, 0.15) is 28.3 Å². The second kappa shape index (κ2) is 9.89. The summed E-state index contributed by atoms with van der Waals surface area (Å²) >= 11 is 0. The minimum absolute atomic E-state index is 0.0214. The number of benzene rings is 2. The van der Waals surface area contributed by atoms with Crippen molar-refractivity contribution in [2.24, 2.45) is 0 Å². The normalized spacial score (nSPS) is 16.9. The number of hydrogen-bond acceptors (Lipinski definition) is 7. The molecule has 8 heteroatoms. The smallest absolute Gasteiger partial charge is 0.295 e. The molecule has 0 unspecified atom stereocenters. The molecule has 2 aromatic carbocycles. The molecular weight excluding hydrogens is 448 g/mol. The van der Waals surface area contributed by atoms with E-state index in [4.69, 9.17) is 14.2 Å². The van der Waals surface area contributed by atoms with Crippen LogP contribution in [0.25, 0.3) is 5.76 Å². The number of ketones is 1. The topological polar surface area (TPSA) is 98.2 Å². The van der Waals surface area contributed by atoms with Crippen LogP contribution in [-0.2, 0) is 16.1 Å². The van der Waals surface area contributed by atoms with Crippen LogP contribution in [0.5, 0.6) is 17.2 Å². The molecule has 180 valence electrons. The molecule has 1 fully saturated rings. The Kier molecular flexibility index (Phi) is 6.73. The van der Waals surface area contributed by atoms with E-state index in [1.54, 1.807) is 62.0 Å². The molecule has 1 atom stereocenters. The number of ether oxygens (including phenoxy) is 3. The van der Waals surface area contributed by atoms with E-state index in [-0.39, 0.29) is 17.9 Å². The van der Waals surface area contributed by atoms with Crippen molar-refractivity contribution < 1.29 is 28.9 Å². The van der Waals surface area contributed by atoms with Gasteiger partial charge in [-0.15, -0.1) is 0 Å². The molecule has 1 aliphatic heterocycles. The van der Waals surface area contributed by atoms with Gasteiger partial charge in [0.15, 0.2) is 0 Å². The largest absolute Gasteiger partial charge is 0.507 e. The van der Waals surface area contributed by atoms with Crippen LogP contribution in [0.4, 0.5) is 0 Å². The fourth-order valence-corrected chi connectivity index (χ4v) is 4.28. The number of nitrogens with zero attached hydrogens (tertiary/aromatic N) is 2. The number of carbonyl (C=O) groups excluding carboxylic acids is 2. The van der Waals surface area contributed by atoms with Gasteiger partial charge in [0.1, 0.15) is 23.0 Å². The maximum Gasteiger partial charge on any atom is 0.295 e. The number of aromatic nitrogens is 1. The average Bonchev–Trinajstić information content (AvgIpc) is 3.13. The first-order valence-corrected chi connectivity index (χ1v) is 10.9. The number of methoxy groups -OCH3 is 3. The van der Waals surface area contributed by atoms with Gasteiger partial charge in [0.05, 0.1) is 32.9 Å². The molecule has 1 saturated heterocycles. The maximum absolute atomic E-state index is 13.3. The van der Waals surface area contributed by atoms with Crippen molar-refractivity contribution in [3.63, 3.8) is 0 Å². The van der Waals surface area contributed by atoms with Gasteiger partial charge in [-0.2, -0.15) is 0 Å². The van der Waals surface area contributed by atoms with Crippen LogP contribution in [0.3, 0.4) is 0 Å². The summed E-state index contributed by atoms with van der Waals surface area (Å²) in [7, 11) is 4.59. The summed E-state index contributed by atoms with van der Waals surface area (Å²) < 4.78 is 16.2. The van der Waals surface area contributed by atoms with Crippen molar-refractivity contribution in [2.45, 2.75) is 19.5 Å². The zero-order chi connectivity index (χ0) is 25.1. The van der Waals surface area contributed by atoms with Gasteiger partial charge in [0.25, 0.3) is 11.7 Å². The van der Waals surface area contributed by atoms with Crippen LogP contribution in [0.2, 0.25) is 0 Å². The highest BCUT2D eigenvalue weighted by Gasteiger charge is 2.47. The Morgan fingerprint density at radius 1 is 1.00 bits per heavy atom. The number of amides is 1. The summed E-state index contributed by atoms with van der Waals surface area (Å²) in [6.45, 7) is 1.96. The van der Waals surface area contributed by atoms with E-state index < -0.39 is 17.7 Å². The SMILES string of the molecule is COc1ccc([C@@H]2/C(=C(\O)c3ccc(OC)c(C)c3)C(=O)C(=O)N2Cc2cccnc2)c(OC)c1. The van der Waals surface area contributed by atoms with Gasteiger partial charge in [0.2, 0.25) is 0 Å². The van der Waals surface area contributed by atoms with Crippen LogP contribution >= 0.6 is 0 Å². The van der Waals surface area contributed by atoms with E-state index in [1.807, 2.05) is 13.0 Å². The Balaban J connectivity index is 1.92. The fraction of sp³-hybridized carbons (Fsp3) is 0.222. The zero-order valence-electron chi connectivity index (χ0n) is 19.9. The number of rotatable bonds is 7. The molecule has 1 amide bonds. The lowest BCUT2D eigenvalue weighted by Gasteiger charge is -2.27. The molecular formula is C27H26N2O6. The standard InChI is InChI=1S/C27H26N2O6/c1-16-12-18(7-10-21(16)34-3)25(30)23-24(20-9-8-19(33-2)13-22(20)35-4)29(27(32)26(23)31)15-17-6-5-11-28-14-17/h5-14,24,30H,15H2,1-4H3/b25-23+/t24-/m1/s1. The van der Waals surface area contributed by atoms with Gasteiger partial charge in [-0.1, -0.05) is 6.07 Å². The summed E-state index contributed by atoms with van der Waals surface area (Å²) in [6, 6.07) is 12.9. The lowest BCUT2D eigenvalue weighted by atomic mass is 9.94. The van der Waals surface area contributed by atoms with E-state index in [0.717, 1.165) is 11.1 Å². The number of likely N-dealkylation sites (tertiary alicyclic amines) is 1. The first-order chi connectivity index (χ1) is 16.9. The number of pyridine rings is 1. The summed E-state index contributed by atoms with van der Waals surface area (Å²) in [5.74, 6) is -0.145. The van der Waals surface area contributed by atoms with Gasteiger partial charge in [-0.3, -0.25) is 14.6 Å². The number of aliphatic hydroxyl groups excluding tert-OH is 1. The molecule has 1 aliphatic rings. The van der Waals surface area contributed by atoms with Crippen molar-refractivity contribution in [3.05, 3.63) is 88.8 Å². The Bertz CT molecular complexity index is 1300. The van der Waals surface area contributed by atoms with Gasteiger partial charge >= 0.3 is 0 Å². The average molecular weight is 475 g/mol. The predicted molar refractivity (Wildman–Crippen MR) is 129 cm³/mol. The minimum Gasteiger partial charge on any atom is -0.507 e. The monoisotopic (exact) mass is 474 g/mol. The van der Waals surface area contributed by atoms with Crippen LogP contribution < -0.4 is 14.2 Å². The van der Waals surface area contributed by atoms with Crippen molar-refractivity contribution in [2.75, 3.05) is 21.3 Å². The van der Waals surface area contributed by atoms with E-state index in [0.29, 0.717) is 28.4 Å². The number of carbonyl (C=O) groups is 2. The molecule has 0 saturated carbocycles. The second-order valence-corrected chi connectivity index (χ2v) is 8.08. The maximum atomic E-state index is 13.3. The number of Topliss-reactive ketones (excluding diaryl/α,β-unsaturated/α-hetero) is 1. The van der Waals surface area contributed by atoms with Crippen LogP contribution in [0.15, 0.2) is 66.5 Å². The molecule has 2 heterocycles. The number of aryl methyl sites for hydroxylation is 1. The first kappa shape index (κ1) is 23.8. The Morgan fingerprint density at radius 2 is 1.77 bits per heavy atom. The van der Waals surface area contributed by atoms with E-state index in [1.165, 1.54) is 19.1 Å². The van der Waals surface area contributed by atoms with Crippen LogP contribution in [-0.4, -0.2) is 48.0 Å². The highest BCUT2D eigenvalue weighted by atomic mass is 16.5. The van der Waals surface area contributed by atoms with E-state index in [9.17, 15) is 14.7 Å². The van der Waals surface area contributed by atoms with Crippen molar-refractivity contribution >= 4 is 17.4 Å². The number of aliphatic hydroxyl groups is 1. The third-order valence-electron chi connectivity index (χ3n) is 6.02. The summed E-state index contributed by atoms with van der Waals surface area (Å²) in [5, 5.41) is 11.3. The molecule has 0 spiro atoms. The Labute approximate surface area is 203 Å². The van der Waals surface area contributed by atoms with E-state index >= 15 is 0 Å². The van der Waals surface area contributed by atoms with Crippen molar-refractivity contribution in [1.29, 1.82) is 0 Å². The van der Waals surface area contributed by atoms with Gasteiger partial charge in [-0.05, 0) is 54.4 Å². The lowest BCUT2D eigenvalue weighted by molar-refractivity contribution is -0.140. The molecule has 1 N–H and O–H groups in total. The molecule has 4 rings (SSSR count). The van der Waals surface area contributed by atoms with Gasteiger partial charge < -0.3 is 24.2 Å². The molecule has 3 aromatic rings. The Hall–Kier alpha value is -4.33. The molecule has 0 bridgehead atoms. The molecule has 35 heavy (non-hydrogen) atoms. The minimum atomic E-state index is -0.890. The predicted octanol–water partition coefficient (Wildman–Crippen LogP) is 4.04. The Morgan fingerprint density at radius 3 is 2.40 bits per heavy atom. The summed E-state index contributed by atoms with van der Waals surface area (Å²) in [5.41, 5.74) is 2.45. The summed E-state index contributed by atoms with van der Waals surface area (Å²) in [4.78, 5) is 32.1. The third-order valence-corrected chi connectivity index (χ3v) is 6.02. The van der Waals surface area contributed by atoms with Crippen LogP contribution in [0, 0.1) is 6.92 Å². The zero-order valence-corrected chi connectivity index (χ0v) is 19.9. The molecule has 1 aromatic heterocycles. The second-order valence-electron chi connectivity index (χ2n) is 8.08. The van der Waals surface area contributed by atoms with Gasteiger partial charge in [-0.25, -0.2) is 0 Å². The highest BCUT2D eigenvalue weighted by molar-refractivity contribution is 6.46. The van der Waals surface area contributed by atoms with Crippen molar-refractivity contribution in [3.8, 4) is 17.2 Å². The van der Waals surface area contributed by atoms with E-state index in [2.05, 4.69) is 4.98 Å². The molecule has 0 radical (unpaired) electrons. The molecule has 0 aliphatic carbocycles. The highest BCUT2D eigenvalue weighted by Crippen LogP contribution is 2.44. The number of hydrogen-bond donors (Lipinski definition) is 1. The molecule has 8 nitrogen and oxygen atoms in total. The summed E-state index contributed by atoms with van der Waals surface area (Å²) in [6.07, 6.45) is 3.27. The van der Waals surface area contributed by atoms with Crippen molar-refractivity contribution in [1.82, 2.24) is 9.88 Å². The lowest BCUT2D eigenvalue weighted by Crippen LogP contribution is -2.29. The quantitative estimate of drug-likeness (QED) is 0.314.